The average molecular weight is 369 g/mol. The first-order chi connectivity index (χ1) is 13.2. The number of hydrogen-bond acceptors (Lipinski definition) is 6. The minimum Gasteiger partial charge on any atom is -0.401 e. The molecule has 144 valence electrons. The fourth-order valence-corrected chi connectivity index (χ4v) is 3.50. The van der Waals surface area contributed by atoms with E-state index in [1.54, 1.807) is 6.07 Å². The molecule has 0 spiro atoms. The number of hydrogen-bond donors (Lipinski definition) is 2. The summed E-state index contributed by atoms with van der Waals surface area (Å²) in [5.41, 5.74) is 9.28. The van der Waals surface area contributed by atoms with Crippen LogP contribution in [0.25, 0.3) is 0 Å². The van der Waals surface area contributed by atoms with Crippen LogP contribution >= 0.6 is 0 Å². The monoisotopic (exact) mass is 369 g/mol. The predicted octanol–water partition coefficient (Wildman–Crippen LogP) is 0.425. The lowest BCUT2D eigenvalue weighted by Gasteiger charge is -2.29. The van der Waals surface area contributed by atoms with Gasteiger partial charge < -0.3 is 15.8 Å². The number of nitrogens with zero attached hydrogens (tertiary/aromatic N) is 3. The number of carbonyl (C=O) groups is 1. The molecule has 3 rings (SSSR count). The maximum Gasteiger partial charge on any atom is 0.249 e. The van der Waals surface area contributed by atoms with E-state index in [4.69, 9.17) is 15.7 Å². The first-order valence-electron chi connectivity index (χ1n) is 9.43. The summed E-state index contributed by atoms with van der Waals surface area (Å²) < 4.78 is 5.33. The molecule has 1 fully saturated rings. The summed E-state index contributed by atoms with van der Waals surface area (Å²) in [6.07, 6.45) is 0.646. The first-order valence-corrected chi connectivity index (χ1v) is 9.43. The molecule has 0 aromatic heterocycles. The van der Waals surface area contributed by atoms with E-state index in [0.717, 1.165) is 51.5 Å². The van der Waals surface area contributed by atoms with Crippen molar-refractivity contribution < 1.29 is 9.53 Å². The Hall–Kier alpha value is -2.40. The van der Waals surface area contributed by atoms with Gasteiger partial charge in [-0.25, -0.2) is 0 Å². The molecule has 1 saturated heterocycles. The number of nitrogens with one attached hydrogen (secondary N) is 1. The third-order valence-electron chi connectivity index (χ3n) is 5.01. The zero-order chi connectivity index (χ0) is 19.1. The Morgan fingerprint density at radius 2 is 2.07 bits per heavy atom. The zero-order valence-corrected chi connectivity index (χ0v) is 15.6. The Morgan fingerprint density at radius 3 is 2.81 bits per heavy atom. The van der Waals surface area contributed by atoms with E-state index in [-0.39, 0.29) is 5.91 Å². The second-order valence-corrected chi connectivity index (χ2v) is 6.99. The van der Waals surface area contributed by atoms with Gasteiger partial charge in [-0.15, -0.1) is 0 Å². The van der Waals surface area contributed by atoms with Gasteiger partial charge in [-0.1, -0.05) is 12.1 Å². The number of nitriles is 1. The van der Waals surface area contributed by atoms with Crippen LogP contribution in [0, 0.1) is 11.3 Å². The number of nitrogens with two attached hydrogens (primary N) is 1. The quantitative estimate of drug-likeness (QED) is 0.755. The average Bonchev–Trinajstić information content (AvgIpc) is 2.69. The van der Waals surface area contributed by atoms with Crippen molar-refractivity contribution in [1.29, 1.82) is 5.26 Å². The molecule has 0 unspecified atom stereocenters. The molecule has 1 amide bonds. The smallest absolute Gasteiger partial charge is 0.249 e. The Labute approximate surface area is 160 Å². The van der Waals surface area contributed by atoms with Gasteiger partial charge >= 0.3 is 0 Å². The molecule has 7 nitrogen and oxygen atoms in total. The predicted molar refractivity (Wildman–Crippen MR) is 103 cm³/mol. The summed E-state index contributed by atoms with van der Waals surface area (Å²) in [7, 11) is 0. The van der Waals surface area contributed by atoms with Crippen LogP contribution in [0.2, 0.25) is 0 Å². The molecule has 2 heterocycles. The third-order valence-corrected chi connectivity index (χ3v) is 5.01. The second-order valence-electron chi connectivity index (χ2n) is 6.99. The zero-order valence-electron chi connectivity index (χ0n) is 15.6. The van der Waals surface area contributed by atoms with Gasteiger partial charge in [0.2, 0.25) is 5.91 Å². The molecule has 7 heteroatoms. The largest absolute Gasteiger partial charge is 0.401 e. The van der Waals surface area contributed by atoms with E-state index in [0.29, 0.717) is 36.3 Å². The van der Waals surface area contributed by atoms with Gasteiger partial charge in [0.15, 0.2) is 0 Å². The van der Waals surface area contributed by atoms with E-state index >= 15 is 0 Å². The molecule has 1 aromatic carbocycles. The van der Waals surface area contributed by atoms with Gasteiger partial charge in [0.25, 0.3) is 0 Å². The van der Waals surface area contributed by atoms with Gasteiger partial charge in [0, 0.05) is 57.1 Å². The van der Waals surface area contributed by atoms with Crippen molar-refractivity contribution >= 4 is 5.91 Å². The standard InChI is InChI=1S/C20H27N5O2/c21-13-16-2-1-3-17(12-16)14-25-6-4-18(19(22)15-25)20(26)23-5-7-24-8-10-27-11-9-24/h1-3,12H,4-11,14-15,22H2,(H,23,26). The Kier molecular flexibility index (Phi) is 6.82. The summed E-state index contributed by atoms with van der Waals surface area (Å²) in [6, 6.07) is 9.76. The van der Waals surface area contributed by atoms with Crippen LogP contribution in [0.3, 0.4) is 0 Å². The molecule has 1 aromatic rings. The molecule has 0 atom stereocenters. The molecule has 0 radical (unpaired) electrons. The maximum absolute atomic E-state index is 12.5. The van der Waals surface area contributed by atoms with Crippen LogP contribution in [0.1, 0.15) is 17.5 Å². The van der Waals surface area contributed by atoms with Crippen LogP contribution in [-0.2, 0) is 16.1 Å². The van der Waals surface area contributed by atoms with E-state index in [2.05, 4.69) is 21.2 Å². The number of rotatable bonds is 6. The van der Waals surface area contributed by atoms with Crippen molar-refractivity contribution in [2.24, 2.45) is 5.73 Å². The van der Waals surface area contributed by atoms with E-state index in [9.17, 15) is 4.79 Å². The molecular formula is C20H27N5O2. The molecule has 2 aliphatic rings. The minimum atomic E-state index is -0.0492. The lowest BCUT2D eigenvalue weighted by Crippen LogP contribution is -2.43. The van der Waals surface area contributed by atoms with E-state index in [1.807, 2.05) is 18.2 Å². The van der Waals surface area contributed by atoms with E-state index in [1.165, 1.54) is 0 Å². The third kappa shape index (κ3) is 5.54. The van der Waals surface area contributed by atoms with Gasteiger partial charge in [-0.2, -0.15) is 5.26 Å². The second kappa shape index (κ2) is 9.51. The van der Waals surface area contributed by atoms with Gasteiger partial charge in [0.05, 0.1) is 24.8 Å². The van der Waals surface area contributed by atoms with Crippen LogP contribution in [0.15, 0.2) is 35.5 Å². The van der Waals surface area contributed by atoms with Crippen LogP contribution in [0.4, 0.5) is 0 Å². The normalized spacial score (nSPS) is 18.9. The lowest BCUT2D eigenvalue weighted by atomic mass is 10.0. The number of carbonyl (C=O) groups excluding carboxylic acids is 1. The molecule has 2 aliphatic heterocycles. The lowest BCUT2D eigenvalue weighted by molar-refractivity contribution is -0.118. The van der Waals surface area contributed by atoms with Gasteiger partial charge in [-0.3, -0.25) is 14.6 Å². The van der Waals surface area contributed by atoms with Crippen LogP contribution < -0.4 is 11.1 Å². The topological polar surface area (TPSA) is 94.6 Å². The molecule has 27 heavy (non-hydrogen) atoms. The maximum atomic E-state index is 12.5. The highest BCUT2D eigenvalue weighted by molar-refractivity contribution is 5.94. The SMILES string of the molecule is N#Cc1cccc(CN2CCC(C(=O)NCCN3CCOCC3)=C(N)C2)c1. The van der Waals surface area contributed by atoms with Crippen molar-refractivity contribution in [1.82, 2.24) is 15.1 Å². The Balaban J connectivity index is 1.48. The fraction of sp³-hybridized carbons (Fsp3) is 0.500. The van der Waals surface area contributed by atoms with Crippen molar-refractivity contribution in [3.63, 3.8) is 0 Å². The van der Waals surface area contributed by atoms with Crippen molar-refractivity contribution in [3.05, 3.63) is 46.7 Å². The summed E-state index contributed by atoms with van der Waals surface area (Å²) >= 11 is 0. The summed E-state index contributed by atoms with van der Waals surface area (Å²) in [6.45, 7) is 6.91. The number of morpholine rings is 1. The molecular weight excluding hydrogens is 342 g/mol. The van der Waals surface area contributed by atoms with Crippen molar-refractivity contribution in [3.8, 4) is 6.07 Å². The van der Waals surface area contributed by atoms with Gasteiger partial charge in [0.1, 0.15) is 0 Å². The van der Waals surface area contributed by atoms with Crippen molar-refractivity contribution in [2.45, 2.75) is 13.0 Å². The number of amides is 1. The van der Waals surface area contributed by atoms with Gasteiger partial charge in [-0.05, 0) is 24.1 Å². The highest BCUT2D eigenvalue weighted by atomic mass is 16.5. The number of benzene rings is 1. The molecule has 0 bridgehead atoms. The van der Waals surface area contributed by atoms with Crippen LogP contribution in [-0.4, -0.2) is 68.2 Å². The molecule has 0 aliphatic carbocycles. The highest BCUT2D eigenvalue weighted by Gasteiger charge is 2.22. The van der Waals surface area contributed by atoms with Crippen LogP contribution in [0.5, 0.6) is 0 Å². The van der Waals surface area contributed by atoms with E-state index < -0.39 is 0 Å². The first kappa shape index (κ1) is 19.4. The van der Waals surface area contributed by atoms with Crippen molar-refractivity contribution in [2.75, 3.05) is 52.5 Å². The Morgan fingerprint density at radius 1 is 1.26 bits per heavy atom. The fourth-order valence-electron chi connectivity index (χ4n) is 3.50. The molecule has 3 N–H and O–H groups in total. The number of ether oxygens (including phenoxy) is 1. The summed E-state index contributed by atoms with van der Waals surface area (Å²) in [4.78, 5) is 16.9. The Bertz CT molecular complexity index is 734. The molecule has 0 saturated carbocycles. The summed E-state index contributed by atoms with van der Waals surface area (Å²) in [5, 5.41) is 12.0. The highest BCUT2D eigenvalue weighted by Crippen LogP contribution is 2.17. The summed E-state index contributed by atoms with van der Waals surface area (Å²) in [5.74, 6) is -0.0492. The minimum absolute atomic E-state index is 0.0492.